The third kappa shape index (κ3) is 6.15. The highest BCUT2D eigenvalue weighted by atomic mass is 16.7. The molecule has 22 heavy (non-hydrogen) atoms. The number of aliphatic hydroxyl groups excluding tert-OH is 4. The van der Waals surface area contributed by atoms with Gasteiger partial charge in [0.1, 0.15) is 24.4 Å². The Kier molecular flexibility index (Phi) is 8.84. The topological polar surface area (TPSA) is 137 Å². The summed E-state index contributed by atoms with van der Waals surface area (Å²) in [7, 11) is 0. The summed E-state index contributed by atoms with van der Waals surface area (Å²) < 4.78 is 10.5. The number of carboxylic acids is 1. The number of ether oxygens (including phenoxy) is 2. The fraction of sp³-hybridized carbons (Fsp3) is 0.929. The van der Waals surface area contributed by atoms with Crippen LogP contribution in [0, 0.1) is 0 Å². The lowest BCUT2D eigenvalue weighted by atomic mass is 9.99. The Morgan fingerprint density at radius 3 is 2.23 bits per heavy atom. The van der Waals surface area contributed by atoms with Crippen LogP contribution in [0.4, 0.5) is 0 Å². The summed E-state index contributed by atoms with van der Waals surface area (Å²) in [5.74, 6) is -0.786. The van der Waals surface area contributed by atoms with Crippen LogP contribution in [0.25, 0.3) is 0 Å². The Hall–Kier alpha value is -0.770. The summed E-state index contributed by atoms with van der Waals surface area (Å²) in [6, 6.07) is 0. The molecule has 130 valence electrons. The van der Waals surface area contributed by atoms with Crippen LogP contribution >= 0.6 is 0 Å². The van der Waals surface area contributed by atoms with Crippen LogP contribution in [0.3, 0.4) is 0 Å². The van der Waals surface area contributed by atoms with Crippen molar-refractivity contribution in [3.63, 3.8) is 0 Å². The first kappa shape index (κ1) is 19.3. The third-order valence-corrected chi connectivity index (χ3v) is 3.67. The van der Waals surface area contributed by atoms with Crippen molar-refractivity contribution in [1.82, 2.24) is 0 Å². The van der Waals surface area contributed by atoms with Gasteiger partial charge in [-0.3, -0.25) is 4.79 Å². The first-order valence-corrected chi connectivity index (χ1v) is 7.61. The number of carbonyl (C=O) groups is 1. The average molecular weight is 322 g/mol. The van der Waals surface area contributed by atoms with Crippen molar-refractivity contribution in [2.45, 2.75) is 69.2 Å². The molecule has 0 aromatic heterocycles. The lowest BCUT2D eigenvalue weighted by molar-refractivity contribution is -0.301. The van der Waals surface area contributed by atoms with Crippen LogP contribution in [0.2, 0.25) is 0 Å². The number of rotatable bonds is 10. The maximum Gasteiger partial charge on any atom is 0.303 e. The van der Waals surface area contributed by atoms with E-state index >= 15 is 0 Å². The molecule has 0 radical (unpaired) electrons. The summed E-state index contributed by atoms with van der Waals surface area (Å²) in [4.78, 5) is 10.3. The molecular weight excluding hydrogens is 296 g/mol. The van der Waals surface area contributed by atoms with Crippen LogP contribution < -0.4 is 0 Å². The van der Waals surface area contributed by atoms with E-state index in [0.29, 0.717) is 19.4 Å². The highest BCUT2D eigenvalue weighted by Crippen LogP contribution is 2.22. The van der Waals surface area contributed by atoms with Gasteiger partial charge in [0, 0.05) is 13.0 Å². The predicted octanol–water partition coefficient (Wildman–Crippen LogP) is -0.772. The zero-order chi connectivity index (χ0) is 16.5. The molecule has 0 bridgehead atoms. The van der Waals surface area contributed by atoms with Gasteiger partial charge in [0.05, 0.1) is 6.61 Å². The molecule has 5 atom stereocenters. The van der Waals surface area contributed by atoms with E-state index in [-0.39, 0.29) is 6.42 Å². The van der Waals surface area contributed by atoms with Crippen LogP contribution in [0.1, 0.15) is 38.5 Å². The van der Waals surface area contributed by atoms with E-state index in [4.69, 9.17) is 19.7 Å². The van der Waals surface area contributed by atoms with Crippen molar-refractivity contribution in [3.05, 3.63) is 0 Å². The molecule has 1 saturated heterocycles. The van der Waals surface area contributed by atoms with Crippen molar-refractivity contribution in [3.8, 4) is 0 Å². The highest BCUT2D eigenvalue weighted by molar-refractivity contribution is 5.66. The SMILES string of the molecule is O=C(O)CCCCCCCO[C@@H]1O[C@H](CO)[C@H](O)[C@H](O)[C@H]1O. The number of unbranched alkanes of at least 4 members (excludes halogenated alkanes) is 4. The van der Waals surface area contributed by atoms with Crippen molar-refractivity contribution in [2.24, 2.45) is 0 Å². The molecule has 5 N–H and O–H groups in total. The Bertz CT molecular complexity index is 322. The van der Waals surface area contributed by atoms with Gasteiger partial charge in [0.25, 0.3) is 0 Å². The fourth-order valence-electron chi connectivity index (χ4n) is 2.31. The van der Waals surface area contributed by atoms with Gasteiger partial charge in [-0.1, -0.05) is 19.3 Å². The quantitative estimate of drug-likeness (QED) is 0.331. The lowest BCUT2D eigenvalue weighted by Gasteiger charge is -2.39. The van der Waals surface area contributed by atoms with Crippen molar-refractivity contribution < 1.29 is 39.8 Å². The average Bonchev–Trinajstić information content (AvgIpc) is 2.49. The van der Waals surface area contributed by atoms with Gasteiger partial charge in [-0.05, 0) is 12.8 Å². The Morgan fingerprint density at radius 2 is 1.59 bits per heavy atom. The normalized spacial score (nSPS) is 32.1. The van der Waals surface area contributed by atoms with E-state index in [1.165, 1.54) is 0 Å². The number of hydrogen-bond donors (Lipinski definition) is 5. The summed E-state index contributed by atoms with van der Waals surface area (Å²) in [6.45, 7) is -0.171. The zero-order valence-corrected chi connectivity index (χ0v) is 12.5. The standard InChI is InChI=1S/C14H26O8/c15-8-9-11(18)12(19)13(20)14(22-9)21-7-5-3-1-2-4-6-10(16)17/h9,11-15,18-20H,1-8H2,(H,16,17)/t9-,11+,12+,13-,14-/m1/s1. The van der Waals surface area contributed by atoms with E-state index in [9.17, 15) is 20.1 Å². The Morgan fingerprint density at radius 1 is 0.955 bits per heavy atom. The van der Waals surface area contributed by atoms with Crippen LogP contribution in [0.5, 0.6) is 0 Å². The number of aliphatic hydroxyl groups is 4. The first-order valence-electron chi connectivity index (χ1n) is 7.61. The van der Waals surface area contributed by atoms with Gasteiger partial charge in [-0.15, -0.1) is 0 Å². The molecule has 0 saturated carbocycles. The lowest BCUT2D eigenvalue weighted by Crippen LogP contribution is -2.59. The minimum Gasteiger partial charge on any atom is -0.481 e. The molecule has 1 heterocycles. The zero-order valence-electron chi connectivity index (χ0n) is 12.5. The second kappa shape index (κ2) is 10.1. The molecule has 1 aliphatic rings. The number of hydrogen-bond acceptors (Lipinski definition) is 7. The molecule has 1 fully saturated rings. The molecule has 0 aromatic carbocycles. The van der Waals surface area contributed by atoms with E-state index in [1.807, 2.05) is 0 Å². The number of aliphatic carboxylic acids is 1. The monoisotopic (exact) mass is 322 g/mol. The summed E-state index contributed by atoms with van der Waals surface area (Å²) in [5, 5.41) is 46.5. The van der Waals surface area contributed by atoms with Gasteiger partial charge in [-0.2, -0.15) is 0 Å². The van der Waals surface area contributed by atoms with Gasteiger partial charge >= 0.3 is 5.97 Å². The van der Waals surface area contributed by atoms with Gasteiger partial charge in [-0.25, -0.2) is 0 Å². The minimum atomic E-state index is -1.42. The minimum absolute atomic E-state index is 0.182. The van der Waals surface area contributed by atoms with E-state index in [1.54, 1.807) is 0 Å². The summed E-state index contributed by atoms with van der Waals surface area (Å²) >= 11 is 0. The second-order valence-electron chi connectivity index (χ2n) is 5.48. The van der Waals surface area contributed by atoms with E-state index in [2.05, 4.69) is 0 Å². The Balaban J connectivity index is 2.14. The Labute approximate surface area is 129 Å². The largest absolute Gasteiger partial charge is 0.481 e. The van der Waals surface area contributed by atoms with Crippen molar-refractivity contribution in [1.29, 1.82) is 0 Å². The summed E-state index contributed by atoms with van der Waals surface area (Å²) in [5.41, 5.74) is 0. The van der Waals surface area contributed by atoms with Gasteiger partial charge < -0.3 is 35.0 Å². The van der Waals surface area contributed by atoms with Crippen molar-refractivity contribution >= 4 is 5.97 Å². The van der Waals surface area contributed by atoms with Crippen LogP contribution in [0.15, 0.2) is 0 Å². The maximum atomic E-state index is 10.3. The predicted molar refractivity (Wildman–Crippen MR) is 75.1 cm³/mol. The molecule has 0 aromatic rings. The van der Waals surface area contributed by atoms with Gasteiger partial charge in [0.15, 0.2) is 6.29 Å². The van der Waals surface area contributed by atoms with Crippen LogP contribution in [-0.4, -0.2) is 75.4 Å². The first-order chi connectivity index (χ1) is 10.5. The van der Waals surface area contributed by atoms with Crippen LogP contribution in [-0.2, 0) is 14.3 Å². The molecule has 0 unspecified atom stereocenters. The molecule has 8 nitrogen and oxygen atoms in total. The fourth-order valence-corrected chi connectivity index (χ4v) is 2.31. The van der Waals surface area contributed by atoms with E-state index in [0.717, 1.165) is 19.3 Å². The summed E-state index contributed by atoms with van der Waals surface area (Å²) in [6.07, 6.45) is -2.07. The highest BCUT2D eigenvalue weighted by Gasteiger charge is 2.43. The molecule has 0 amide bonds. The molecule has 1 rings (SSSR count). The van der Waals surface area contributed by atoms with Gasteiger partial charge in [0.2, 0.25) is 0 Å². The molecule has 8 heteroatoms. The maximum absolute atomic E-state index is 10.3. The molecule has 0 spiro atoms. The molecule has 1 aliphatic heterocycles. The van der Waals surface area contributed by atoms with E-state index < -0.39 is 43.3 Å². The third-order valence-electron chi connectivity index (χ3n) is 3.67. The molecule has 0 aliphatic carbocycles. The smallest absolute Gasteiger partial charge is 0.303 e. The second-order valence-corrected chi connectivity index (χ2v) is 5.48. The molecular formula is C14H26O8. The number of carboxylic acid groups (broad SMARTS) is 1. The van der Waals surface area contributed by atoms with Crippen molar-refractivity contribution in [2.75, 3.05) is 13.2 Å².